The molecule has 166 valence electrons. The van der Waals surface area contributed by atoms with E-state index >= 15 is 0 Å². The van der Waals surface area contributed by atoms with Crippen LogP contribution in [0.1, 0.15) is 33.4 Å². The fourth-order valence-electron chi connectivity index (χ4n) is 2.86. The van der Waals surface area contributed by atoms with Crippen LogP contribution in [0.2, 0.25) is 0 Å². The molecule has 0 aliphatic rings. The van der Waals surface area contributed by atoms with E-state index in [1.165, 1.54) is 31.2 Å². The summed E-state index contributed by atoms with van der Waals surface area (Å²) < 4.78 is 33.6. The Morgan fingerprint density at radius 1 is 1.03 bits per heavy atom. The molecule has 3 N–H and O–H groups in total. The first-order valence-electron chi connectivity index (χ1n) is 9.36. The van der Waals surface area contributed by atoms with Crippen LogP contribution in [-0.4, -0.2) is 32.7 Å². The fourth-order valence-corrected chi connectivity index (χ4v) is 3.66. The average Bonchev–Trinajstić information content (AvgIpc) is 3.23. The van der Waals surface area contributed by atoms with E-state index in [1.807, 2.05) is 0 Å². The number of ketones is 1. The highest BCUT2D eigenvalue weighted by molar-refractivity contribution is 7.89. The molecule has 0 fully saturated rings. The first-order chi connectivity index (χ1) is 15.0. The van der Waals surface area contributed by atoms with Crippen molar-refractivity contribution in [1.29, 1.82) is 0 Å². The van der Waals surface area contributed by atoms with Gasteiger partial charge in [0.15, 0.2) is 12.4 Å². The van der Waals surface area contributed by atoms with Crippen molar-refractivity contribution in [3.8, 4) is 11.3 Å². The third kappa shape index (κ3) is 5.48. The molecule has 10 heteroatoms. The molecule has 1 amide bonds. The third-order valence-corrected chi connectivity index (χ3v) is 5.55. The average molecular weight is 456 g/mol. The van der Waals surface area contributed by atoms with E-state index in [9.17, 15) is 22.8 Å². The lowest BCUT2D eigenvalue weighted by Gasteiger charge is -2.09. The van der Waals surface area contributed by atoms with Gasteiger partial charge < -0.3 is 14.5 Å². The predicted octanol–water partition coefficient (Wildman–Crippen LogP) is 2.90. The number of nitrogens with two attached hydrogens (primary N) is 1. The fraction of sp³-hybridized carbons (Fsp3) is 0.136. The van der Waals surface area contributed by atoms with E-state index in [0.717, 1.165) is 0 Å². The summed E-state index contributed by atoms with van der Waals surface area (Å²) in [4.78, 5) is 35.5. The maximum Gasteiger partial charge on any atom is 0.374 e. The third-order valence-electron chi connectivity index (χ3n) is 4.50. The zero-order valence-electron chi connectivity index (χ0n) is 17.2. The molecular formula is C22H20N2O7S. The number of aryl methyl sites for hydroxylation is 1. The van der Waals surface area contributed by atoms with Crippen LogP contribution in [-0.2, 0) is 19.6 Å². The second-order valence-electron chi connectivity index (χ2n) is 6.95. The Hall–Kier alpha value is -3.76. The van der Waals surface area contributed by atoms with Gasteiger partial charge in [-0.05, 0) is 43.7 Å². The zero-order valence-corrected chi connectivity index (χ0v) is 18.1. The number of furan rings is 1. The summed E-state index contributed by atoms with van der Waals surface area (Å²) in [6.07, 6.45) is 0. The van der Waals surface area contributed by atoms with Gasteiger partial charge in [0.1, 0.15) is 5.76 Å². The Labute approximate surface area is 184 Å². The lowest BCUT2D eigenvalue weighted by atomic mass is 10.1. The van der Waals surface area contributed by atoms with Gasteiger partial charge in [-0.2, -0.15) is 0 Å². The predicted molar refractivity (Wildman–Crippen MR) is 116 cm³/mol. The van der Waals surface area contributed by atoms with Crippen molar-refractivity contribution >= 4 is 33.4 Å². The van der Waals surface area contributed by atoms with E-state index in [2.05, 4.69) is 5.32 Å². The summed E-state index contributed by atoms with van der Waals surface area (Å²) in [5.41, 5.74) is 1.84. The maximum absolute atomic E-state index is 12.2. The number of rotatable bonds is 7. The Balaban J connectivity index is 1.60. The molecule has 9 nitrogen and oxygen atoms in total. The highest BCUT2D eigenvalue weighted by atomic mass is 32.2. The number of amides is 1. The monoisotopic (exact) mass is 456 g/mol. The molecule has 0 aliphatic carbocycles. The highest BCUT2D eigenvalue weighted by Gasteiger charge is 2.17. The van der Waals surface area contributed by atoms with Gasteiger partial charge in [0.25, 0.3) is 5.91 Å². The molecule has 0 bridgehead atoms. The molecule has 1 aromatic heterocycles. The number of hydrogen-bond acceptors (Lipinski definition) is 7. The van der Waals surface area contributed by atoms with Crippen LogP contribution >= 0.6 is 0 Å². The minimum atomic E-state index is -3.95. The normalized spacial score (nSPS) is 11.1. The summed E-state index contributed by atoms with van der Waals surface area (Å²) in [6, 6.07) is 13.9. The smallest absolute Gasteiger partial charge is 0.374 e. The van der Waals surface area contributed by atoms with E-state index in [-0.39, 0.29) is 22.1 Å². The Morgan fingerprint density at radius 3 is 2.34 bits per heavy atom. The Kier molecular flexibility index (Phi) is 6.56. The minimum Gasteiger partial charge on any atom is -0.450 e. The van der Waals surface area contributed by atoms with Gasteiger partial charge in [-0.25, -0.2) is 18.4 Å². The van der Waals surface area contributed by atoms with Crippen molar-refractivity contribution in [2.75, 3.05) is 11.9 Å². The Bertz CT molecular complexity index is 1290. The lowest BCUT2D eigenvalue weighted by Crippen LogP contribution is -2.21. The highest BCUT2D eigenvalue weighted by Crippen LogP contribution is 2.23. The van der Waals surface area contributed by atoms with Crippen molar-refractivity contribution in [1.82, 2.24) is 0 Å². The summed E-state index contributed by atoms with van der Waals surface area (Å²) in [7, 11) is -3.95. The van der Waals surface area contributed by atoms with Crippen LogP contribution in [0.15, 0.2) is 63.9 Å². The van der Waals surface area contributed by atoms with Gasteiger partial charge in [-0.15, -0.1) is 0 Å². The quantitative estimate of drug-likeness (QED) is 0.410. The van der Waals surface area contributed by atoms with Crippen molar-refractivity contribution in [3.63, 3.8) is 0 Å². The van der Waals surface area contributed by atoms with Crippen LogP contribution in [0.3, 0.4) is 0 Å². The van der Waals surface area contributed by atoms with Crippen molar-refractivity contribution in [2.24, 2.45) is 5.14 Å². The van der Waals surface area contributed by atoms with E-state index in [1.54, 1.807) is 37.3 Å². The maximum atomic E-state index is 12.2. The number of primary sulfonamides is 1. The molecule has 2 aromatic carbocycles. The van der Waals surface area contributed by atoms with Crippen LogP contribution in [0.25, 0.3) is 11.3 Å². The van der Waals surface area contributed by atoms with Crippen LogP contribution < -0.4 is 10.5 Å². The largest absolute Gasteiger partial charge is 0.450 e. The van der Waals surface area contributed by atoms with Gasteiger partial charge in [0.2, 0.25) is 15.8 Å². The van der Waals surface area contributed by atoms with Gasteiger partial charge >= 0.3 is 5.97 Å². The van der Waals surface area contributed by atoms with Gasteiger partial charge in [-0.3, -0.25) is 9.59 Å². The zero-order chi connectivity index (χ0) is 23.5. The first-order valence-corrected chi connectivity index (χ1v) is 10.9. The summed E-state index contributed by atoms with van der Waals surface area (Å²) >= 11 is 0. The molecule has 0 aliphatic heterocycles. The van der Waals surface area contributed by atoms with Crippen molar-refractivity contribution < 1.29 is 32.0 Å². The standard InChI is InChI=1S/C22H20N2O7S/c1-13-3-8-17(11-20(13)32(23,28)29)24-21(26)12-30-22(27)19-10-9-18(31-19)16-6-4-15(5-7-16)14(2)25/h3-11H,12H2,1-2H3,(H,24,26)(H2,23,28,29). The summed E-state index contributed by atoms with van der Waals surface area (Å²) in [6.45, 7) is 2.42. The lowest BCUT2D eigenvalue weighted by molar-refractivity contribution is -0.119. The van der Waals surface area contributed by atoms with Crippen LogP contribution in [0.4, 0.5) is 5.69 Å². The van der Waals surface area contributed by atoms with Crippen molar-refractivity contribution in [2.45, 2.75) is 18.7 Å². The number of esters is 1. The molecule has 0 atom stereocenters. The van der Waals surface area contributed by atoms with Crippen LogP contribution in [0, 0.1) is 6.92 Å². The molecule has 0 unspecified atom stereocenters. The second kappa shape index (κ2) is 9.16. The molecule has 3 aromatic rings. The van der Waals surface area contributed by atoms with Crippen molar-refractivity contribution in [3.05, 3.63) is 71.5 Å². The number of benzene rings is 2. The van der Waals surface area contributed by atoms with Crippen LogP contribution in [0.5, 0.6) is 0 Å². The number of hydrogen-bond donors (Lipinski definition) is 2. The van der Waals surface area contributed by atoms with Gasteiger partial charge in [-0.1, -0.05) is 30.3 Å². The molecular weight excluding hydrogens is 436 g/mol. The van der Waals surface area contributed by atoms with Gasteiger partial charge in [0.05, 0.1) is 4.90 Å². The number of sulfonamides is 1. The molecule has 0 spiro atoms. The Morgan fingerprint density at radius 2 is 1.72 bits per heavy atom. The van der Waals surface area contributed by atoms with Gasteiger partial charge in [0, 0.05) is 16.8 Å². The number of nitrogens with one attached hydrogen (secondary N) is 1. The SMILES string of the molecule is CC(=O)c1ccc(-c2ccc(C(=O)OCC(=O)Nc3ccc(C)c(S(N)(=O)=O)c3)o2)cc1. The number of carbonyl (C=O) groups excluding carboxylic acids is 3. The number of Topliss-reactive ketones (excluding diaryl/α,β-unsaturated/α-hetero) is 1. The molecule has 32 heavy (non-hydrogen) atoms. The number of anilines is 1. The topological polar surface area (TPSA) is 146 Å². The summed E-state index contributed by atoms with van der Waals surface area (Å²) in [5, 5.41) is 7.59. The molecule has 0 saturated heterocycles. The minimum absolute atomic E-state index is 0.0648. The summed E-state index contributed by atoms with van der Waals surface area (Å²) in [5.74, 6) is -1.29. The number of carbonyl (C=O) groups is 3. The van der Waals surface area contributed by atoms with E-state index in [0.29, 0.717) is 22.5 Å². The van der Waals surface area contributed by atoms with E-state index < -0.39 is 28.5 Å². The number of ether oxygens (including phenoxy) is 1. The molecule has 1 heterocycles. The first kappa shape index (κ1) is 22.9. The second-order valence-corrected chi connectivity index (χ2v) is 8.48. The molecule has 0 radical (unpaired) electrons. The molecule has 0 saturated carbocycles. The molecule has 3 rings (SSSR count). The van der Waals surface area contributed by atoms with E-state index in [4.69, 9.17) is 14.3 Å².